The Morgan fingerprint density at radius 3 is 2.74 bits per heavy atom. The molecule has 0 aliphatic heterocycles. The highest BCUT2D eigenvalue weighted by molar-refractivity contribution is 5.41. The topological polar surface area (TPSA) is 55.0 Å². The minimum atomic E-state index is 0.362. The molecule has 2 atom stereocenters. The van der Waals surface area contributed by atoms with Crippen molar-refractivity contribution in [3.63, 3.8) is 0 Å². The van der Waals surface area contributed by atoms with E-state index < -0.39 is 0 Å². The molecule has 4 heteroatoms. The third kappa shape index (κ3) is 3.06. The summed E-state index contributed by atoms with van der Waals surface area (Å²) in [5.74, 6) is 2.94. The molecule has 0 amide bonds. The van der Waals surface area contributed by atoms with E-state index in [1.54, 1.807) is 0 Å². The predicted octanol–water partition coefficient (Wildman–Crippen LogP) is 2.47. The SMILES string of the molecule is Cc1cc(N(C)C2CCCC2CN)nc(C(C)C)n1. The van der Waals surface area contributed by atoms with Gasteiger partial charge in [-0.05, 0) is 32.2 Å². The Balaban J connectivity index is 2.25. The number of hydrogen-bond acceptors (Lipinski definition) is 4. The summed E-state index contributed by atoms with van der Waals surface area (Å²) in [6.45, 7) is 7.09. The van der Waals surface area contributed by atoms with Crippen LogP contribution in [0.4, 0.5) is 5.82 Å². The summed E-state index contributed by atoms with van der Waals surface area (Å²) in [6, 6.07) is 2.61. The van der Waals surface area contributed by atoms with Gasteiger partial charge in [0.15, 0.2) is 0 Å². The van der Waals surface area contributed by atoms with Gasteiger partial charge < -0.3 is 10.6 Å². The molecular formula is C15H26N4. The van der Waals surface area contributed by atoms with Gasteiger partial charge in [0.05, 0.1) is 0 Å². The average Bonchev–Trinajstić information content (AvgIpc) is 2.85. The second kappa shape index (κ2) is 5.87. The lowest BCUT2D eigenvalue weighted by Crippen LogP contribution is -2.38. The van der Waals surface area contributed by atoms with E-state index in [0.717, 1.165) is 23.9 Å². The second-order valence-electron chi connectivity index (χ2n) is 5.99. The highest BCUT2D eigenvalue weighted by atomic mass is 15.2. The highest BCUT2D eigenvalue weighted by Gasteiger charge is 2.30. The average molecular weight is 262 g/mol. The fourth-order valence-electron chi connectivity index (χ4n) is 2.99. The Kier molecular flexibility index (Phi) is 4.40. The largest absolute Gasteiger partial charge is 0.356 e. The zero-order valence-electron chi connectivity index (χ0n) is 12.6. The molecule has 1 aromatic heterocycles. The molecule has 0 bridgehead atoms. The van der Waals surface area contributed by atoms with Crippen LogP contribution in [0, 0.1) is 12.8 Å². The van der Waals surface area contributed by atoms with Gasteiger partial charge >= 0.3 is 0 Å². The van der Waals surface area contributed by atoms with Gasteiger partial charge in [0, 0.05) is 30.8 Å². The van der Waals surface area contributed by atoms with Crippen molar-refractivity contribution in [2.75, 3.05) is 18.5 Å². The molecule has 1 aliphatic rings. The summed E-state index contributed by atoms with van der Waals surface area (Å²) in [5.41, 5.74) is 6.93. The summed E-state index contributed by atoms with van der Waals surface area (Å²) in [6.07, 6.45) is 3.74. The van der Waals surface area contributed by atoms with E-state index in [1.165, 1.54) is 19.3 Å². The summed E-state index contributed by atoms with van der Waals surface area (Å²) in [5, 5.41) is 0. The molecule has 1 fully saturated rings. The van der Waals surface area contributed by atoms with E-state index in [0.29, 0.717) is 17.9 Å². The maximum atomic E-state index is 5.89. The van der Waals surface area contributed by atoms with Crippen molar-refractivity contribution < 1.29 is 0 Å². The molecule has 1 aliphatic carbocycles. The fourth-order valence-corrected chi connectivity index (χ4v) is 2.99. The van der Waals surface area contributed by atoms with Crippen LogP contribution in [-0.4, -0.2) is 29.6 Å². The monoisotopic (exact) mass is 262 g/mol. The number of aromatic nitrogens is 2. The molecule has 0 radical (unpaired) electrons. The molecule has 106 valence electrons. The minimum absolute atomic E-state index is 0.362. The Labute approximate surface area is 116 Å². The van der Waals surface area contributed by atoms with Gasteiger partial charge in [-0.15, -0.1) is 0 Å². The maximum Gasteiger partial charge on any atom is 0.133 e. The van der Waals surface area contributed by atoms with E-state index in [9.17, 15) is 0 Å². The number of anilines is 1. The molecule has 2 rings (SSSR count). The van der Waals surface area contributed by atoms with E-state index in [-0.39, 0.29) is 0 Å². The molecule has 2 unspecified atom stereocenters. The van der Waals surface area contributed by atoms with Crippen LogP contribution in [0.3, 0.4) is 0 Å². The van der Waals surface area contributed by atoms with Gasteiger partial charge in [0.1, 0.15) is 11.6 Å². The van der Waals surface area contributed by atoms with Crippen molar-refractivity contribution >= 4 is 5.82 Å². The Morgan fingerprint density at radius 2 is 2.11 bits per heavy atom. The van der Waals surface area contributed by atoms with Crippen LogP contribution >= 0.6 is 0 Å². The van der Waals surface area contributed by atoms with Crippen LogP contribution in [0.25, 0.3) is 0 Å². The highest BCUT2D eigenvalue weighted by Crippen LogP contribution is 2.31. The first kappa shape index (κ1) is 14.3. The Morgan fingerprint density at radius 1 is 1.37 bits per heavy atom. The molecule has 1 saturated carbocycles. The van der Waals surface area contributed by atoms with Crippen molar-refractivity contribution in [2.24, 2.45) is 11.7 Å². The third-order valence-corrected chi connectivity index (χ3v) is 4.15. The van der Waals surface area contributed by atoms with E-state index in [1.807, 2.05) is 6.92 Å². The van der Waals surface area contributed by atoms with Gasteiger partial charge in [0.25, 0.3) is 0 Å². The van der Waals surface area contributed by atoms with Crippen LogP contribution in [-0.2, 0) is 0 Å². The predicted molar refractivity (Wildman–Crippen MR) is 79.4 cm³/mol. The van der Waals surface area contributed by atoms with Gasteiger partial charge in [0.2, 0.25) is 0 Å². The number of hydrogen-bond donors (Lipinski definition) is 1. The van der Waals surface area contributed by atoms with E-state index in [2.05, 4.69) is 36.8 Å². The van der Waals surface area contributed by atoms with Crippen molar-refractivity contribution in [2.45, 2.75) is 52.0 Å². The van der Waals surface area contributed by atoms with Gasteiger partial charge in [-0.2, -0.15) is 0 Å². The first-order valence-corrected chi connectivity index (χ1v) is 7.31. The van der Waals surface area contributed by atoms with Crippen LogP contribution < -0.4 is 10.6 Å². The normalized spacial score (nSPS) is 23.1. The molecule has 19 heavy (non-hydrogen) atoms. The van der Waals surface area contributed by atoms with Crippen molar-refractivity contribution in [3.05, 3.63) is 17.6 Å². The minimum Gasteiger partial charge on any atom is -0.356 e. The smallest absolute Gasteiger partial charge is 0.133 e. The maximum absolute atomic E-state index is 5.89. The lowest BCUT2D eigenvalue weighted by Gasteiger charge is -2.30. The van der Waals surface area contributed by atoms with Crippen molar-refractivity contribution in [1.29, 1.82) is 0 Å². The number of rotatable bonds is 4. The summed E-state index contributed by atoms with van der Waals surface area (Å²) < 4.78 is 0. The van der Waals surface area contributed by atoms with Crippen molar-refractivity contribution in [3.8, 4) is 0 Å². The molecule has 0 spiro atoms. The van der Waals surface area contributed by atoms with Crippen LogP contribution in [0.1, 0.15) is 50.5 Å². The summed E-state index contributed by atoms with van der Waals surface area (Å²) >= 11 is 0. The first-order chi connectivity index (χ1) is 9.02. The Bertz CT molecular complexity index is 430. The van der Waals surface area contributed by atoms with Gasteiger partial charge in [-0.25, -0.2) is 9.97 Å². The first-order valence-electron chi connectivity index (χ1n) is 7.31. The lowest BCUT2D eigenvalue weighted by molar-refractivity contribution is 0.471. The lowest BCUT2D eigenvalue weighted by atomic mass is 10.0. The standard InChI is InChI=1S/C15H26N4/c1-10(2)15-17-11(3)8-14(18-15)19(4)13-7-5-6-12(13)9-16/h8,10,12-13H,5-7,9,16H2,1-4H3. The molecule has 4 nitrogen and oxygen atoms in total. The summed E-state index contributed by atoms with van der Waals surface area (Å²) in [4.78, 5) is 11.6. The van der Waals surface area contributed by atoms with Gasteiger partial charge in [-0.1, -0.05) is 20.3 Å². The van der Waals surface area contributed by atoms with Crippen LogP contribution in [0.15, 0.2) is 6.07 Å². The number of nitrogens with zero attached hydrogens (tertiary/aromatic N) is 3. The third-order valence-electron chi connectivity index (χ3n) is 4.15. The molecule has 1 aromatic rings. The van der Waals surface area contributed by atoms with Gasteiger partial charge in [-0.3, -0.25) is 0 Å². The number of nitrogens with two attached hydrogens (primary N) is 1. The van der Waals surface area contributed by atoms with Crippen LogP contribution in [0.2, 0.25) is 0 Å². The molecule has 1 heterocycles. The zero-order valence-corrected chi connectivity index (χ0v) is 12.6. The quantitative estimate of drug-likeness (QED) is 0.905. The fraction of sp³-hybridized carbons (Fsp3) is 0.733. The molecule has 2 N–H and O–H groups in total. The molecule has 0 aromatic carbocycles. The molecule has 0 saturated heterocycles. The second-order valence-corrected chi connectivity index (χ2v) is 5.99. The number of aryl methyl sites for hydroxylation is 1. The van der Waals surface area contributed by atoms with Crippen LogP contribution in [0.5, 0.6) is 0 Å². The zero-order chi connectivity index (χ0) is 14.0. The van der Waals surface area contributed by atoms with E-state index >= 15 is 0 Å². The van der Waals surface area contributed by atoms with Crippen molar-refractivity contribution in [1.82, 2.24) is 9.97 Å². The van der Waals surface area contributed by atoms with E-state index in [4.69, 9.17) is 10.7 Å². The molecular weight excluding hydrogens is 236 g/mol. The summed E-state index contributed by atoms with van der Waals surface area (Å²) in [7, 11) is 2.14. The Hall–Kier alpha value is -1.16.